The van der Waals surface area contributed by atoms with Crippen molar-refractivity contribution in [1.82, 2.24) is 0 Å². The first kappa shape index (κ1) is 18.0. The van der Waals surface area contributed by atoms with Crippen LogP contribution in [0.4, 0.5) is 11.4 Å². The molecule has 6 nitrogen and oxygen atoms in total. The minimum absolute atomic E-state index is 0.00538. The standard InChI is InChI=1S/C19H18N2O4S/c1-25-19(24)13-5-4-6-14(11-13)20-17(22)9-10-21-15-7-2-3-8-16(15)26-12-18(21)23/h2-8,11H,9-10,12H2,1H3,(H,20,22). The monoisotopic (exact) mass is 370 g/mol. The number of fused-ring (bicyclic) bond motifs is 1. The lowest BCUT2D eigenvalue weighted by Crippen LogP contribution is -2.37. The summed E-state index contributed by atoms with van der Waals surface area (Å²) < 4.78 is 4.67. The van der Waals surface area contributed by atoms with Gasteiger partial charge in [-0.2, -0.15) is 0 Å². The number of esters is 1. The Labute approximate surface area is 155 Å². The third kappa shape index (κ3) is 4.05. The van der Waals surface area contributed by atoms with E-state index in [0.717, 1.165) is 10.6 Å². The fourth-order valence-corrected chi connectivity index (χ4v) is 3.61. The molecule has 0 saturated carbocycles. The molecule has 0 bridgehead atoms. The van der Waals surface area contributed by atoms with E-state index in [1.807, 2.05) is 24.3 Å². The Balaban J connectivity index is 1.63. The number of ether oxygens (including phenoxy) is 1. The Morgan fingerprint density at radius 3 is 2.81 bits per heavy atom. The van der Waals surface area contributed by atoms with Crippen molar-refractivity contribution in [2.45, 2.75) is 11.3 Å². The highest BCUT2D eigenvalue weighted by Crippen LogP contribution is 2.34. The molecular formula is C19H18N2O4S. The van der Waals surface area contributed by atoms with Gasteiger partial charge < -0.3 is 15.0 Å². The number of nitrogens with one attached hydrogen (secondary N) is 1. The molecule has 0 radical (unpaired) electrons. The molecule has 0 unspecified atom stereocenters. The topological polar surface area (TPSA) is 75.7 Å². The molecule has 2 aromatic rings. The van der Waals surface area contributed by atoms with Gasteiger partial charge in [0.2, 0.25) is 11.8 Å². The van der Waals surface area contributed by atoms with Crippen molar-refractivity contribution in [1.29, 1.82) is 0 Å². The van der Waals surface area contributed by atoms with E-state index in [0.29, 0.717) is 23.5 Å². The van der Waals surface area contributed by atoms with Crippen molar-refractivity contribution < 1.29 is 19.1 Å². The summed E-state index contributed by atoms with van der Waals surface area (Å²) >= 11 is 1.51. The maximum Gasteiger partial charge on any atom is 0.337 e. The number of nitrogens with zero attached hydrogens (tertiary/aromatic N) is 1. The van der Waals surface area contributed by atoms with Crippen LogP contribution in [-0.4, -0.2) is 37.2 Å². The highest BCUT2D eigenvalue weighted by molar-refractivity contribution is 8.00. The van der Waals surface area contributed by atoms with E-state index in [2.05, 4.69) is 10.1 Å². The Kier molecular flexibility index (Phi) is 5.58. The van der Waals surface area contributed by atoms with Crippen LogP contribution >= 0.6 is 11.8 Å². The fraction of sp³-hybridized carbons (Fsp3) is 0.211. The van der Waals surface area contributed by atoms with Crippen molar-refractivity contribution in [3.8, 4) is 0 Å². The van der Waals surface area contributed by atoms with Crippen molar-refractivity contribution in [2.24, 2.45) is 0 Å². The molecule has 3 rings (SSSR count). The molecule has 134 valence electrons. The zero-order chi connectivity index (χ0) is 18.5. The summed E-state index contributed by atoms with van der Waals surface area (Å²) in [7, 11) is 1.30. The van der Waals surface area contributed by atoms with E-state index in [1.54, 1.807) is 29.2 Å². The number of hydrogen-bond acceptors (Lipinski definition) is 5. The zero-order valence-electron chi connectivity index (χ0n) is 14.2. The van der Waals surface area contributed by atoms with E-state index in [4.69, 9.17) is 0 Å². The maximum absolute atomic E-state index is 12.3. The van der Waals surface area contributed by atoms with Crippen LogP contribution in [0.2, 0.25) is 0 Å². The van der Waals surface area contributed by atoms with Crippen LogP contribution in [0.15, 0.2) is 53.4 Å². The number of methoxy groups -OCH3 is 1. The Bertz CT molecular complexity index is 853. The highest BCUT2D eigenvalue weighted by atomic mass is 32.2. The van der Waals surface area contributed by atoms with Gasteiger partial charge in [-0.15, -0.1) is 11.8 Å². The second-order valence-electron chi connectivity index (χ2n) is 5.67. The molecule has 1 N–H and O–H groups in total. The molecule has 0 aromatic heterocycles. The SMILES string of the molecule is COC(=O)c1cccc(NC(=O)CCN2C(=O)CSc3ccccc32)c1. The molecule has 0 aliphatic carbocycles. The number of amides is 2. The highest BCUT2D eigenvalue weighted by Gasteiger charge is 2.24. The van der Waals surface area contributed by atoms with Crippen LogP contribution in [-0.2, 0) is 14.3 Å². The van der Waals surface area contributed by atoms with Gasteiger partial charge in [-0.3, -0.25) is 9.59 Å². The number of anilines is 2. The summed E-state index contributed by atoms with van der Waals surface area (Å²) in [5.41, 5.74) is 1.72. The lowest BCUT2D eigenvalue weighted by Gasteiger charge is -2.28. The second kappa shape index (κ2) is 8.05. The van der Waals surface area contributed by atoms with Crippen LogP contribution in [0, 0.1) is 0 Å². The Hall–Kier alpha value is -2.80. The van der Waals surface area contributed by atoms with Gasteiger partial charge in [-0.25, -0.2) is 4.79 Å². The van der Waals surface area contributed by atoms with Gasteiger partial charge in [0.25, 0.3) is 0 Å². The van der Waals surface area contributed by atoms with Crippen molar-refractivity contribution in [3.05, 3.63) is 54.1 Å². The van der Waals surface area contributed by atoms with E-state index in [-0.39, 0.29) is 18.2 Å². The molecule has 0 fully saturated rings. The number of thioether (sulfide) groups is 1. The van der Waals surface area contributed by atoms with Gasteiger partial charge in [0.05, 0.1) is 24.1 Å². The predicted octanol–water partition coefficient (Wildman–Crippen LogP) is 2.94. The third-order valence-corrected chi connectivity index (χ3v) is 4.99. The maximum atomic E-state index is 12.3. The van der Waals surface area contributed by atoms with Crippen LogP contribution in [0.5, 0.6) is 0 Å². The van der Waals surface area contributed by atoms with E-state index >= 15 is 0 Å². The summed E-state index contributed by atoms with van der Waals surface area (Å²) in [5.74, 6) is -0.321. The average Bonchev–Trinajstić information content (AvgIpc) is 2.66. The minimum Gasteiger partial charge on any atom is -0.465 e. The third-order valence-electron chi connectivity index (χ3n) is 3.94. The quantitative estimate of drug-likeness (QED) is 0.819. The van der Waals surface area contributed by atoms with Crippen LogP contribution in [0.1, 0.15) is 16.8 Å². The van der Waals surface area contributed by atoms with Gasteiger partial charge in [-0.05, 0) is 30.3 Å². The van der Waals surface area contributed by atoms with Crippen LogP contribution < -0.4 is 10.2 Å². The van der Waals surface area contributed by atoms with Crippen LogP contribution in [0.25, 0.3) is 0 Å². The van der Waals surface area contributed by atoms with Crippen LogP contribution in [0.3, 0.4) is 0 Å². The largest absolute Gasteiger partial charge is 0.465 e. The molecule has 2 aromatic carbocycles. The molecular weight excluding hydrogens is 352 g/mol. The lowest BCUT2D eigenvalue weighted by atomic mass is 10.2. The second-order valence-corrected chi connectivity index (χ2v) is 6.69. The minimum atomic E-state index is -0.464. The van der Waals surface area contributed by atoms with Gasteiger partial charge in [0.15, 0.2) is 0 Å². The summed E-state index contributed by atoms with van der Waals surface area (Å²) in [6.45, 7) is 0.304. The molecule has 1 aliphatic heterocycles. The first-order chi connectivity index (χ1) is 12.6. The number of carbonyl (C=O) groups excluding carboxylic acids is 3. The first-order valence-electron chi connectivity index (χ1n) is 8.09. The normalized spacial score (nSPS) is 13.1. The molecule has 0 spiro atoms. The molecule has 1 aliphatic rings. The summed E-state index contributed by atoms with van der Waals surface area (Å²) in [6.07, 6.45) is 0.160. The van der Waals surface area contributed by atoms with E-state index < -0.39 is 5.97 Å². The van der Waals surface area contributed by atoms with Gasteiger partial charge >= 0.3 is 5.97 Å². The summed E-state index contributed by atoms with van der Waals surface area (Å²) in [4.78, 5) is 38.7. The lowest BCUT2D eigenvalue weighted by molar-refractivity contribution is -0.117. The number of rotatable bonds is 5. The van der Waals surface area contributed by atoms with E-state index in [9.17, 15) is 14.4 Å². The first-order valence-corrected chi connectivity index (χ1v) is 9.07. The predicted molar refractivity (Wildman–Crippen MR) is 101 cm³/mol. The average molecular weight is 370 g/mol. The fourth-order valence-electron chi connectivity index (χ4n) is 2.68. The van der Waals surface area contributed by atoms with Crippen molar-refractivity contribution in [3.63, 3.8) is 0 Å². The molecule has 0 atom stereocenters. The van der Waals surface area contributed by atoms with Crippen molar-refractivity contribution in [2.75, 3.05) is 29.6 Å². The van der Waals surface area contributed by atoms with Gasteiger partial charge in [0.1, 0.15) is 0 Å². The molecule has 2 amide bonds. The zero-order valence-corrected chi connectivity index (χ0v) is 15.0. The number of hydrogen-bond donors (Lipinski definition) is 1. The van der Waals surface area contributed by atoms with Crippen molar-refractivity contribution >= 4 is 40.9 Å². The number of para-hydroxylation sites is 1. The molecule has 7 heteroatoms. The molecule has 1 heterocycles. The molecule has 26 heavy (non-hydrogen) atoms. The molecule has 0 saturated heterocycles. The Morgan fingerprint density at radius 2 is 2.00 bits per heavy atom. The van der Waals surface area contributed by atoms with E-state index in [1.165, 1.54) is 18.9 Å². The van der Waals surface area contributed by atoms with Gasteiger partial charge in [-0.1, -0.05) is 18.2 Å². The Morgan fingerprint density at radius 1 is 1.19 bits per heavy atom. The summed E-state index contributed by atoms with van der Waals surface area (Å²) in [5, 5.41) is 2.75. The smallest absolute Gasteiger partial charge is 0.337 e. The number of carbonyl (C=O) groups is 3. The number of benzene rings is 2. The van der Waals surface area contributed by atoms with Gasteiger partial charge in [0, 0.05) is 23.5 Å². The summed E-state index contributed by atoms with van der Waals surface area (Å²) in [6, 6.07) is 14.2.